The molecule has 0 heterocycles. The quantitative estimate of drug-likeness (QED) is 0.578. The highest BCUT2D eigenvalue weighted by atomic mass is 16.1. The van der Waals surface area contributed by atoms with Gasteiger partial charge in [0.2, 0.25) is 0 Å². The summed E-state index contributed by atoms with van der Waals surface area (Å²) in [5, 5.41) is 0. The lowest BCUT2D eigenvalue weighted by Crippen LogP contribution is -2.31. The monoisotopic (exact) mass is 268 g/mol. The lowest BCUT2D eigenvalue weighted by molar-refractivity contribution is -0.124. The van der Waals surface area contributed by atoms with Gasteiger partial charge in [-0.3, -0.25) is 4.79 Å². The van der Waals surface area contributed by atoms with Crippen LogP contribution < -0.4 is 0 Å². The summed E-state index contributed by atoms with van der Waals surface area (Å²) in [7, 11) is 0. The number of Topliss-reactive ketones (excluding diaryl/α,β-unsaturated/α-hetero) is 1. The van der Waals surface area contributed by atoms with Crippen LogP contribution in [0.5, 0.6) is 0 Å². The van der Waals surface area contributed by atoms with Crippen molar-refractivity contribution >= 4 is 5.78 Å². The van der Waals surface area contributed by atoms with Crippen molar-refractivity contribution in [3.8, 4) is 11.8 Å². The third-order valence-corrected chi connectivity index (χ3v) is 4.49. The Kier molecular flexibility index (Phi) is 5.01. The summed E-state index contributed by atoms with van der Waals surface area (Å²) in [5.41, 5.74) is 1.40. The molecule has 1 saturated carbocycles. The van der Waals surface area contributed by atoms with Gasteiger partial charge in [-0.1, -0.05) is 43.9 Å². The minimum atomic E-state index is 0.320. The second kappa shape index (κ2) is 6.75. The molecule has 0 radical (unpaired) electrons. The molecule has 0 saturated heterocycles. The first-order valence-electron chi connectivity index (χ1n) is 7.63. The van der Waals surface area contributed by atoms with Crippen molar-refractivity contribution in [2.45, 2.75) is 52.4 Å². The third-order valence-electron chi connectivity index (χ3n) is 4.49. The molecule has 0 aliphatic heterocycles. The fraction of sp³-hybridized carbons (Fsp3) is 0.526. The lowest BCUT2D eigenvalue weighted by Gasteiger charge is -2.38. The van der Waals surface area contributed by atoms with E-state index in [1.165, 1.54) is 0 Å². The second-order valence-electron chi connectivity index (χ2n) is 6.49. The van der Waals surface area contributed by atoms with Gasteiger partial charge in [0.05, 0.1) is 0 Å². The van der Waals surface area contributed by atoms with Crippen LogP contribution in [0, 0.1) is 23.2 Å². The summed E-state index contributed by atoms with van der Waals surface area (Å²) in [6.07, 6.45) is 5.75. The summed E-state index contributed by atoms with van der Waals surface area (Å²) in [5.74, 6) is 7.43. The van der Waals surface area contributed by atoms with Crippen LogP contribution in [-0.4, -0.2) is 5.78 Å². The Bertz CT molecular complexity index is 502. The largest absolute Gasteiger partial charge is 0.300 e. The van der Waals surface area contributed by atoms with Gasteiger partial charge in [0, 0.05) is 24.8 Å². The van der Waals surface area contributed by atoms with Crippen molar-refractivity contribution < 1.29 is 4.79 Å². The Labute approximate surface area is 122 Å². The highest BCUT2D eigenvalue weighted by Gasteiger charge is 2.34. The summed E-state index contributed by atoms with van der Waals surface area (Å²) in [4.78, 5) is 11.6. The van der Waals surface area contributed by atoms with Crippen molar-refractivity contribution in [2.24, 2.45) is 11.3 Å². The van der Waals surface area contributed by atoms with Gasteiger partial charge in [0.25, 0.3) is 0 Å². The number of carbonyl (C=O) groups is 1. The summed E-state index contributed by atoms with van der Waals surface area (Å²) < 4.78 is 0. The van der Waals surface area contributed by atoms with Gasteiger partial charge < -0.3 is 0 Å². The zero-order chi connectivity index (χ0) is 14.4. The molecule has 1 heteroatoms. The molecule has 0 unspecified atom stereocenters. The molecule has 0 spiro atoms. The predicted molar refractivity (Wildman–Crippen MR) is 83.3 cm³/mol. The number of rotatable bonds is 3. The normalized spacial score (nSPS) is 21.1. The lowest BCUT2D eigenvalue weighted by atomic mass is 9.67. The van der Waals surface area contributed by atoms with Crippen molar-refractivity contribution in [1.82, 2.24) is 0 Å². The summed E-state index contributed by atoms with van der Waals surface area (Å²) in [6.45, 7) is 4.61. The van der Waals surface area contributed by atoms with Crippen LogP contribution in [0.15, 0.2) is 30.3 Å². The van der Waals surface area contributed by atoms with E-state index in [4.69, 9.17) is 0 Å². The number of hydrogen-bond acceptors (Lipinski definition) is 1. The van der Waals surface area contributed by atoms with E-state index in [-0.39, 0.29) is 0 Å². The van der Waals surface area contributed by atoms with Crippen LogP contribution in [0.2, 0.25) is 0 Å². The minimum absolute atomic E-state index is 0.320. The fourth-order valence-electron chi connectivity index (χ4n) is 2.93. The highest BCUT2D eigenvalue weighted by Crippen LogP contribution is 2.41. The van der Waals surface area contributed by atoms with E-state index in [1.54, 1.807) is 0 Å². The van der Waals surface area contributed by atoms with Gasteiger partial charge in [0.15, 0.2) is 0 Å². The van der Waals surface area contributed by atoms with Gasteiger partial charge >= 0.3 is 0 Å². The van der Waals surface area contributed by atoms with E-state index < -0.39 is 0 Å². The van der Waals surface area contributed by atoms with Crippen molar-refractivity contribution in [2.75, 3.05) is 0 Å². The second-order valence-corrected chi connectivity index (χ2v) is 6.49. The molecule has 106 valence electrons. The SMILES string of the molecule is CC1(C)CCC(=O)C[C@H]1CCCC#Cc1ccccc1. The maximum Gasteiger partial charge on any atom is 0.133 e. The maximum absolute atomic E-state index is 11.6. The first-order valence-corrected chi connectivity index (χ1v) is 7.63. The number of carbonyl (C=O) groups excluding carboxylic acids is 1. The molecule has 1 atom stereocenters. The predicted octanol–water partition coefficient (Wildman–Crippen LogP) is 4.60. The molecule has 20 heavy (non-hydrogen) atoms. The third kappa shape index (κ3) is 4.23. The van der Waals surface area contributed by atoms with Gasteiger partial charge in [-0.2, -0.15) is 0 Å². The van der Waals surface area contributed by atoms with E-state index in [0.717, 1.165) is 44.1 Å². The van der Waals surface area contributed by atoms with Crippen LogP contribution in [0.1, 0.15) is 57.9 Å². The molecule has 0 bridgehead atoms. The van der Waals surface area contributed by atoms with Gasteiger partial charge in [-0.15, -0.1) is 0 Å². The molecule has 1 aromatic carbocycles. The number of hydrogen-bond donors (Lipinski definition) is 0. The van der Waals surface area contributed by atoms with Crippen LogP contribution in [0.3, 0.4) is 0 Å². The van der Waals surface area contributed by atoms with E-state index in [2.05, 4.69) is 25.7 Å². The van der Waals surface area contributed by atoms with Crippen molar-refractivity contribution in [3.05, 3.63) is 35.9 Å². The van der Waals surface area contributed by atoms with Crippen LogP contribution in [0.4, 0.5) is 0 Å². The molecule has 1 fully saturated rings. The topological polar surface area (TPSA) is 17.1 Å². The number of unbranched alkanes of at least 4 members (excludes halogenated alkanes) is 1. The highest BCUT2D eigenvalue weighted by molar-refractivity contribution is 5.79. The summed E-state index contributed by atoms with van der Waals surface area (Å²) >= 11 is 0. The Balaban J connectivity index is 1.78. The Morgan fingerprint density at radius 3 is 2.75 bits per heavy atom. The minimum Gasteiger partial charge on any atom is -0.300 e. The van der Waals surface area contributed by atoms with E-state index >= 15 is 0 Å². The Hall–Kier alpha value is -1.55. The fourth-order valence-corrected chi connectivity index (χ4v) is 2.93. The Morgan fingerprint density at radius 2 is 2.00 bits per heavy atom. The first kappa shape index (κ1) is 14.9. The van der Waals surface area contributed by atoms with Gasteiger partial charge in [-0.25, -0.2) is 0 Å². The van der Waals surface area contributed by atoms with Crippen LogP contribution in [0.25, 0.3) is 0 Å². The van der Waals surface area contributed by atoms with Gasteiger partial charge in [0.1, 0.15) is 5.78 Å². The molecule has 1 nitrogen and oxygen atoms in total. The average Bonchev–Trinajstić information content (AvgIpc) is 2.43. The molecule has 1 aliphatic carbocycles. The van der Waals surface area contributed by atoms with Crippen LogP contribution in [-0.2, 0) is 4.79 Å². The Morgan fingerprint density at radius 1 is 1.25 bits per heavy atom. The molecule has 1 aliphatic rings. The molecular weight excluding hydrogens is 244 g/mol. The van der Waals surface area contributed by atoms with Crippen LogP contribution >= 0.6 is 0 Å². The summed E-state index contributed by atoms with van der Waals surface area (Å²) in [6, 6.07) is 10.1. The van der Waals surface area contributed by atoms with E-state index in [9.17, 15) is 4.79 Å². The maximum atomic E-state index is 11.6. The molecule has 2 rings (SSSR count). The smallest absolute Gasteiger partial charge is 0.133 e. The molecule has 1 aromatic rings. The van der Waals surface area contributed by atoms with Gasteiger partial charge in [-0.05, 0) is 42.7 Å². The zero-order valence-corrected chi connectivity index (χ0v) is 12.6. The molecule has 0 amide bonds. The number of ketones is 1. The molecule has 0 aromatic heterocycles. The standard InChI is InChI=1S/C19H24O/c1-19(2)14-13-18(20)15-17(19)12-8-4-7-11-16-9-5-3-6-10-16/h3,5-6,9-10,17H,4,8,12-15H2,1-2H3/t17-/m1/s1. The van der Waals surface area contributed by atoms with Crippen molar-refractivity contribution in [3.63, 3.8) is 0 Å². The molecule has 0 N–H and O–H groups in total. The van der Waals surface area contributed by atoms with Crippen molar-refractivity contribution in [1.29, 1.82) is 0 Å². The zero-order valence-electron chi connectivity index (χ0n) is 12.6. The number of benzene rings is 1. The molecular formula is C19H24O. The first-order chi connectivity index (χ1) is 9.58. The average molecular weight is 268 g/mol. The van der Waals surface area contributed by atoms with E-state index in [1.807, 2.05) is 30.3 Å². The van der Waals surface area contributed by atoms with E-state index in [0.29, 0.717) is 17.1 Å².